The highest BCUT2D eigenvalue weighted by Crippen LogP contribution is 2.21. The number of ether oxygens (including phenoxy) is 1. The Morgan fingerprint density at radius 2 is 1.93 bits per heavy atom. The van der Waals surface area contributed by atoms with Gasteiger partial charge in [0.2, 0.25) is 5.76 Å². The van der Waals surface area contributed by atoms with E-state index in [-0.39, 0.29) is 17.1 Å². The maximum atomic E-state index is 12.1. The number of esters is 1. The molecule has 0 radical (unpaired) electrons. The molecule has 3 aromatic rings. The molecular formula is C17H16N2O7S. The lowest BCUT2D eigenvalue weighted by atomic mass is 10.2. The van der Waals surface area contributed by atoms with Crippen LogP contribution >= 0.6 is 0 Å². The molecule has 27 heavy (non-hydrogen) atoms. The largest absolute Gasteiger partial charge is 0.461 e. The lowest BCUT2D eigenvalue weighted by Crippen LogP contribution is -2.25. The fraction of sp³-hybridized carbons (Fsp3) is 0.176. The third-order valence-electron chi connectivity index (χ3n) is 3.66. The number of hydrogen-bond donors (Lipinski definition) is 0. The summed E-state index contributed by atoms with van der Waals surface area (Å²) in [6.45, 7) is -0.102. The van der Waals surface area contributed by atoms with Crippen molar-refractivity contribution in [2.24, 2.45) is 0 Å². The Morgan fingerprint density at radius 1 is 1.19 bits per heavy atom. The zero-order valence-electron chi connectivity index (χ0n) is 14.5. The van der Waals surface area contributed by atoms with Crippen LogP contribution in [0.2, 0.25) is 0 Å². The summed E-state index contributed by atoms with van der Waals surface area (Å²) in [4.78, 5) is 16.8. The molecule has 0 unspecified atom stereocenters. The van der Waals surface area contributed by atoms with E-state index in [4.69, 9.17) is 18.5 Å². The van der Waals surface area contributed by atoms with E-state index >= 15 is 0 Å². The smallest absolute Gasteiger partial charge is 0.338 e. The molecule has 0 fully saturated rings. The average Bonchev–Trinajstić information content (AvgIpc) is 3.37. The second-order valence-electron chi connectivity index (χ2n) is 5.36. The molecule has 0 saturated carbocycles. The number of rotatable bonds is 7. The maximum Gasteiger partial charge on any atom is 0.338 e. The van der Waals surface area contributed by atoms with Crippen LogP contribution in [0.5, 0.6) is 0 Å². The van der Waals surface area contributed by atoms with Gasteiger partial charge >= 0.3 is 5.97 Å². The number of benzene rings is 1. The Morgan fingerprint density at radius 3 is 2.56 bits per heavy atom. The normalized spacial score (nSPS) is 11.7. The highest BCUT2D eigenvalue weighted by atomic mass is 32.2. The van der Waals surface area contributed by atoms with Gasteiger partial charge in [0.1, 0.15) is 12.3 Å². The van der Waals surface area contributed by atoms with Crippen LogP contribution in [0.15, 0.2) is 62.6 Å². The predicted molar refractivity (Wildman–Crippen MR) is 91.7 cm³/mol. The topological polar surface area (TPSA) is 112 Å². The van der Waals surface area contributed by atoms with Crippen LogP contribution in [-0.2, 0) is 26.2 Å². The summed E-state index contributed by atoms with van der Waals surface area (Å²) >= 11 is 0. The monoisotopic (exact) mass is 392 g/mol. The lowest BCUT2D eigenvalue weighted by Gasteiger charge is -2.14. The van der Waals surface area contributed by atoms with E-state index < -0.39 is 16.0 Å². The summed E-state index contributed by atoms with van der Waals surface area (Å²) < 4.78 is 40.4. The molecule has 3 rings (SSSR count). The van der Waals surface area contributed by atoms with Crippen LogP contribution < -0.4 is 0 Å². The molecule has 0 atom stereocenters. The van der Waals surface area contributed by atoms with Gasteiger partial charge in [-0.15, -0.1) is 0 Å². The SMILES string of the molecule is CON(C)S(=O)(=O)c1ccc(C(=O)OCc2cc(-c3ccco3)on2)cc1. The van der Waals surface area contributed by atoms with Crippen molar-refractivity contribution in [1.82, 2.24) is 9.63 Å². The molecule has 2 aromatic heterocycles. The number of nitrogens with zero attached hydrogens (tertiary/aromatic N) is 2. The van der Waals surface area contributed by atoms with E-state index in [1.165, 1.54) is 44.7 Å². The standard InChI is InChI=1S/C17H16N2O7S/c1-19(23-2)27(21,22)14-7-5-12(6-8-14)17(20)25-11-13-10-16(26-18-13)15-4-3-9-24-15/h3-10H,11H2,1-2H3. The Hall–Kier alpha value is -2.95. The molecule has 9 nitrogen and oxygen atoms in total. The Labute approximate surface area is 155 Å². The van der Waals surface area contributed by atoms with Crippen LogP contribution in [0.25, 0.3) is 11.5 Å². The van der Waals surface area contributed by atoms with Gasteiger partial charge in [-0.2, -0.15) is 0 Å². The molecule has 2 heterocycles. The molecule has 1 aromatic carbocycles. The molecule has 142 valence electrons. The third-order valence-corrected chi connectivity index (χ3v) is 5.35. The number of hydroxylamine groups is 1. The third kappa shape index (κ3) is 4.08. The van der Waals surface area contributed by atoms with Gasteiger partial charge in [-0.1, -0.05) is 9.63 Å². The van der Waals surface area contributed by atoms with Crippen LogP contribution in [-0.4, -0.2) is 38.2 Å². The summed E-state index contributed by atoms with van der Waals surface area (Å²) in [5, 5.41) is 3.80. The van der Waals surface area contributed by atoms with Gasteiger partial charge in [-0.3, -0.25) is 4.84 Å². The zero-order valence-corrected chi connectivity index (χ0v) is 15.3. The van der Waals surface area contributed by atoms with Gasteiger partial charge in [-0.05, 0) is 36.4 Å². The average molecular weight is 392 g/mol. The molecule has 10 heteroatoms. The van der Waals surface area contributed by atoms with Gasteiger partial charge < -0.3 is 13.7 Å². The van der Waals surface area contributed by atoms with Crippen LogP contribution in [0.1, 0.15) is 16.1 Å². The highest BCUT2D eigenvalue weighted by Gasteiger charge is 2.21. The van der Waals surface area contributed by atoms with E-state index in [1.54, 1.807) is 18.2 Å². The number of aromatic nitrogens is 1. The van der Waals surface area contributed by atoms with Crippen molar-refractivity contribution in [2.75, 3.05) is 14.2 Å². The number of carbonyl (C=O) groups is 1. The molecular weight excluding hydrogens is 376 g/mol. The Balaban J connectivity index is 1.63. The minimum atomic E-state index is -3.78. The fourth-order valence-electron chi connectivity index (χ4n) is 2.15. The molecule has 0 amide bonds. The molecule has 0 aliphatic heterocycles. The van der Waals surface area contributed by atoms with Crippen molar-refractivity contribution < 1.29 is 31.7 Å². The van der Waals surface area contributed by atoms with E-state index in [9.17, 15) is 13.2 Å². The fourth-order valence-corrected chi connectivity index (χ4v) is 3.12. The first-order chi connectivity index (χ1) is 12.9. The van der Waals surface area contributed by atoms with Crippen molar-refractivity contribution >= 4 is 16.0 Å². The minimum Gasteiger partial charge on any atom is -0.461 e. The van der Waals surface area contributed by atoms with Gasteiger partial charge in [0.05, 0.1) is 23.8 Å². The Kier molecular flexibility index (Phi) is 5.40. The summed E-state index contributed by atoms with van der Waals surface area (Å²) in [6.07, 6.45) is 1.51. The first-order valence-corrected chi connectivity index (χ1v) is 9.15. The quantitative estimate of drug-likeness (QED) is 0.445. The first kappa shape index (κ1) is 18.8. The number of sulfonamides is 1. The summed E-state index contributed by atoms with van der Waals surface area (Å²) in [7, 11) is -1.27. The van der Waals surface area contributed by atoms with E-state index in [2.05, 4.69) is 5.16 Å². The highest BCUT2D eigenvalue weighted by molar-refractivity contribution is 7.89. The first-order valence-electron chi connectivity index (χ1n) is 7.71. The zero-order chi connectivity index (χ0) is 19.4. The van der Waals surface area contributed by atoms with Crippen molar-refractivity contribution in [3.05, 3.63) is 60.0 Å². The molecule has 0 bridgehead atoms. The second-order valence-corrected chi connectivity index (χ2v) is 7.29. The predicted octanol–water partition coefficient (Wildman–Crippen LogP) is 2.47. The van der Waals surface area contributed by atoms with E-state index in [0.717, 1.165) is 4.47 Å². The summed E-state index contributed by atoms with van der Waals surface area (Å²) in [5.74, 6) is 0.308. The van der Waals surface area contributed by atoms with Crippen LogP contribution in [0.3, 0.4) is 0 Å². The molecule has 0 aliphatic rings. The molecule has 0 N–H and O–H groups in total. The number of carbonyl (C=O) groups excluding carboxylic acids is 1. The van der Waals surface area contributed by atoms with Gasteiger partial charge in [0.15, 0.2) is 5.76 Å². The number of hydrogen-bond acceptors (Lipinski definition) is 8. The van der Waals surface area contributed by atoms with Gasteiger partial charge in [-0.25, -0.2) is 13.2 Å². The lowest BCUT2D eigenvalue weighted by molar-refractivity contribution is -0.0258. The van der Waals surface area contributed by atoms with Crippen molar-refractivity contribution in [3.63, 3.8) is 0 Å². The minimum absolute atomic E-state index is 0.0111. The van der Waals surface area contributed by atoms with Gasteiger partial charge in [0, 0.05) is 13.1 Å². The van der Waals surface area contributed by atoms with Gasteiger partial charge in [0.25, 0.3) is 10.0 Å². The van der Waals surface area contributed by atoms with Crippen LogP contribution in [0, 0.1) is 0 Å². The molecule has 0 aliphatic carbocycles. The summed E-state index contributed by atoms with van der Waals surface area (Å²) in [6, 6.07) is 10.3. The van der Waals surface area contributed by atoms with Crippen molar-refractivity contribution in [3.8, 4) is 11.5 Å². The molecule has 0 saturated heterocycles. The van der Waals surface area contributed by atoms with Crippen LogP contribution in [0.4, 0.5) is 0 Å². The molecule has 0 spiro atoms. The number of furan rings is 1. The second kappa shape index (κ2) is 7.74. The maximum absolute atomic E-state index is 12.1. The van der Waals surface area contributed by atoms with E-state index in [1.807, 2.05) is 0 Å². The summed E-state index contributed by atoms with van der Waals surface area (Å²) in [5.41, 5.74) is 0.611. The van der Waals surface area contributed by atoms with E-state index in [0.29, 0.717) is 17.2 Å². The van der Waals surface area contributed by atoms with Crippen molar-refractivity contribution in [1.29, 1.82) is 0 Å². The van der Waals surface area contributed by atoms with Crippen molar-refractivity contribution in [2.45, 2.75) is 11.5 Å². The Bertz CT molecular complexity index is 1010.